The summed E-state index contributed by atoms with van der Waals surface area (Å²) < 4.78 is 1.02. The molecule has 1 atom stereocenters. The van der Waals surface area contributed by atoms with Gasteiger partial charge in [-0.25, -0.2) is 0 Å². The van der Waals surface area contributed by atoms with Gasteiger partial charge in [0.05, 0.1) is 0 Å². The Kier molecular flexibility index (Phi) is 6.07. The molecule has 0 aliphatic carbocycles. The third-order valence-corrected chi connectivity index (χ3v) is 3.25. The minimum atomic E-state index is -0.0972. The number of rotatable bonds is 3. The molecule has 98 valence electrons. The first-order valence-electron chi connectivity index (χ1n) is 5.55. The molecule has 0 spiro atoms. The van der Waals surface area contributed by atoms with E-state index in [1.807, 2.05) is 31.2 Å². The summed E-state index contributed by atoms with van der Waals surface area (Å²) in [5.74, 6) is 0.0486. The van der Waals surface area contributed by atoms with E-state index in [1.165, 1.54) is 0 Å². The van der Waals surface area contributed by atoms with Gasteiger partial charge in [0.2, 0.25) is 5.91 Å². The lowest BCUT2D eigenvalue weighted by molar-refractivity contribution is -0.121. The van der Waals surface area contributed by atoms with Crippen molar-refractivity contribution in [1.82, 2.24) is 16.2 Å². The van der Waals surface area contributed by atoms with Gasteiger partial charge < -0.3 is 5.32 Å². The number of carbonyl (C=O) groups excluding carboxylic acids is 1. The highest BCUT2D eigenvalue weighted by molar-refractivity contribution is 9.10. The number of hydrogen-bond acceptors (Lipinski definition) is 2. The Balaban J connectivity index is 2.47. The zero-order chi connectivity index (χ0) is 13.5. The minimum absolute atomic E-state index is 0.0972. The summed E-state index contributed by atoms with van der Waals surface area (Å²) in [6.07, 6.45) is 0.399. The number of amides is 1. The summed E-state index contributed by atoms with van der Waals surface area (Å²) in [6.45, 7) is 2.01. The van der Waals surface area contributed by atoms with Crippen molar-refractivity contribution >= 4 is 39.2 Å². The maximum Gasteiger partial charge on any atom is 0.238 e. The molecule has 0 radical (unpaired) electrons. The maximum atomic E-state index is 11.7. The van der Waals surface area contributed by atoms with Crippen LogP contribution in [0.25, 0.3) is 0 Å². The molecule has 1 aromatic rings. The highest BCUT2D eigenvalue weighted by atomic mass is 79.9. The fourth-order valence-electron chi connectivity index (χ4n) is 1.45. The van der Waals surface area contributed by atoms with Crippen molar-refractivity contribution in [3.8, 4) is 0 Å². The average Bonchev–Trinajstić information content (AvgIpc) is 2.35. The van der Waals surface area contributed by atoms with E-state index in [1.54, 1.807) is 7.05 Å². The van der Waals surface area contributed by atoms with Crippen LogP contribution >= 0.6 is 28.1 Å². The Bertz CT molecular complexity index is 439. The Morgan fingerprint density at radius 2 is 2.17 bits per heavy atom. The van der Waals surface area contributed by atoms with Crippen LogP contribution in [0.2, 0.25) is 0 Å². The number of thiocarbonyl (C=S) groups is 1. The molecule has 0 aliphatic rings. The normalized spacial score (nSPS) is 11.5. The molecular weight excluding hydrogens is 314 g/mol. The summed E-state index contributed by atoms with van der Waals surface area (Å²) in [6, 6.07) is 7.95. The molecule has 0 fully saturated rings. The molecule has 0 unspecified atom stereocenters. The van der Waals surface area contributed by atoms with Crippen LogP contribution in [0, 0.1) is 0 Å². The van der Waals surface area contributed by atoms with Crippen LogP contribution in [0.3, 0.4) is 0 Å². The van der Waals surface area contributed by atoms with Crippen LogP contribution in [0.4, 0.5) is 0 Å². The van der Waals surface area contributed by atoms with Gasteiger partial charge in [0.15, 0.2) is 5.11 Å². The van der Waals surface area contributed by atoms with Gasteiger partial charge >= 0.3 is 0 Å². The SMILES string of the molecule is CNC(=S)NNC(=O)C[C@@H](C)c1cccc(Br)c1. The van der Waals surface area contributed by atoms with E-state index in [4.69, 9.17) is 12.2 Å². The Morgan fingerprint density at radius 3 is 2.78 bits per heavy atom. The monoisotopic (exact) mass is 329 g/mol. The third-order valence-electron chi connectivity index (χ3n) is 2.45. The lowest BCUT2D eigenvalue weighted by Crippen LogP contribution is -2.45. The van der Waals surface area contributed by atoms with Crippen molar-refractivity contribution in [2.75, 3.05) is 7.05 Å². The Morgan fingerprint density at radius 1 is 1.44 bits per heavy atom. The maximum absolute atomic E-state index is 11.7. The second kappa shape index (κ2) is 7.33. The molecule has 18 heavy (non-hydrogen) atoms. The van der Waals surface area contributed by atoms with Gasteiger partial charge in [-0.1, -0.05) is 35.0 Å². The number of hydrazine groups is 1. The van der Waals surface area contributed by atoms with Gasteiger partial charge in [0.1, 0.15) is 0 Å². The summed E-state index contributed by atoms with van der Waals surface area (Å²) in [5, 5.41) is 3.10. The van der Waals surface area contributed by atoms with E-state index in [-0.39, 0.29) is 11.8 Å². The van der Waals surface area contributed by atoms with E-state index >= 15 is 0 Å². The number of benzene rings is 1. The molecule has 0 aromatic heterocycles. The molecule has 0 saturated heterocycles. The first-order valence-corrected chi connectivity index (χ1v) is 6.75. The quantitative estimate of drug-likeness (QED) is 0.587. The molecule has 0 saturated carbocycles. The highest BCUT2D eigenvalue weighted by Gasteiger charge is 2.11. The first-order chi connectivity index (χ1) is 8.52. The van der Waals surface area contributed by atoms with Crippen molar-refractivity contribution < 1.29 is 4.79 Å². The molecule has 1 amide bonds. The number of nitrogens with one attached hydrogen (secondary N) is 3. The largest absolute Gasteiger partial charge is 0.364 e. The van der Waals surface area contributed by atoms with Gasteiger partial charge in [-0.15, -0.1) is 0 Å². The van der Waals surface area contributed by atoms with Gasteiger partial charge in [-0.3, -0.25) is 15.6 Å². The van der Waals surface area contributed by atoms with Crippen molar-refractivity contribution in [2.45, 2.75) is 19.3 Å². The molecule has 0 aliphatic heterocycles. The zero-order valence-electron chi connectivity index (χ0n) is 10.3. The average molecular weight is 330 g/mol. The van der Waals surface area contributed by atoms with Crippen LogP contribution < -0.4 is 16.2 Å². The fraction of sp³-hybridized carbons (Fsp3) is 0.333. The minimum Gasteiger partial charge on any atom is -0.364 e. The summed E-state index contributed by atoms with van der Waals surface area (Å²) in [7, 11) is 1.69. The molecular formula is C12H16BrN3OS. The van der Waals surface area contributed by atoms with Gasteiger partial charge in [0.25, 0.3) is 0 Å². The van der Waals surface area contributed by atoms with Gasteiger partial charge in [-0.05, 0) is 35.8 Å². The van der Waals surface area contributed by atoms with E-state index in [0.29, 0.717) is 11.5 Å². The van der Waals surface area contributed by atoms with Crippen molar-refractivity contribution in [1.29, 1.82) is 0 Å². The van der Waals surface area contributed by atoms with Crippen molar-refractivity contribution in [3.63, 3.8) is 0 Å². The second-order valence-electron chi connectivity index (χ2n) is 3.91. The standard InChI is InChI=1S/C12H16BrN3OS/c1-8(9-4-3-5-10(13)7-9)6-11(17)15-16-12(18)14-2/h3-5,7-8H,6H2,1-2H3,(H,15,17)(H2,14,16,18)/t8-/m1/s1. The van der Waals surface area contributed by atoms with E-state index in [2.05, 4.69) is 32.1 Å². The molecule has 0 bridgehead atoms. The van der Waals surface area contributed by atoms with E-state index in [9.17, 15) is 4.79 Å². The summed E-state index contributed by atoms with van der Waals surface area (Å²) in [4.78, 5) is 11.7. The fourth-order valence-corrected chi connectivity index (χ4v) is 1.92. The second-order valence-corrected chi connectivity index (χ2v) is 5.24. The zero-order valence-corrected chi connectivity index (χ0v) is 12.7. The lowest BCUT2D eigenvalue weighted by Gasteiger charge is -2.13. The van der Waals surface area contributed by atoms with Crippen molar-refractivity contribution in [2.24, 2.45) is 0 Å². The van der Waals surface area contributed by atoms with Crippen LogP contribution in [-0.4, -0.2) is 18.1 Å². The summed E-state index contributed by atoms with van der Waals surface area (Å²) in [5.41, 5.74) is 6.28. The van der Waals surface area contributed by atoms with E-state index in [0.717, 1.165) is 10.0 Å². The van der Waals surface area contributed by atoms with Crippen LogP contribution in [0.5, 0.6) is 0 Å². The molecule has 4 nitrogen and oxygen atoms in total. The number of hydrogen-bond donors (Lipinski definition) is 3. The van der Waals surface area contributed by atoms with Crippen LogP contribution in [-0.2, 0) is 4.79 Å². The topological polar surface area (TPSA) is 53.2 Å². The number of carbonyl (C=O) groups is 1. The van der Waals surface area contributed by atoms with E-state index < -0.39 is 0 Å². The molecule has 3 N–H and O–H groups in total. The van der Waals surface area contributed by atoms with Gasteiger partial charge in [-0.2, -0.15) is 0 Å². The molecule has 0 heterocycles. The Hall–Kier alpha value is -1.14. The van der Waals surface area contributed by atoms with Crippen molar-refractivity contribution in [3.05, 3.63) is 34.3 Å². The highest BCUT2D eigenvalue weighted by Crippen LogP contribution is 2.22. The van der Waals surface area contributed by atoms with Gasteiger partial charge in [0, 0.05) is 17.9 Å². The summed E-state index contributed by atoms with van der Waals surface area (Å²) >= 11 is 8.27. The Labute approximate surface area is 121 Å². The predicted molar refractivity (Wildman–Crippen MR) is 80.1 cm³/mol. The predicted octanol–water partition coefficient (Wildman–Crippen LogP) is 2.07. The first kappa shape index (κ1) is 14.9. The smallest absolute Gasteiger partial charge is 0.238 e. The van der Waals surface area contributed by atoms with Crippen LogP contribution in [0.1, 0.15) is 24.8 Å². The molecule has 1 aromatic carbocycles. The number of halogens is 1. The molecule has 6 heteroatoms. The van der Waals surface area contributed by atoms with Crippen LogP contribution in [0.15, 0.2) is 28.7 Å². The molecule has 1 rings (SSSR count). The lowest BCUT2D eigenvalue weighted by atomic mass is 9.98. The third kappa shape index (κ3) is 5.01.